The van der Waals surface area contributed by atoms with E-state index in [1.165, 1.54) is 0 Å². The predicted octanol–water partition coefficient (Wildman–Crippen LogP) is 1.37. The topological polar surface area (TPSA) is 86.8 Å². The summed E-state index contributed by atoms with van der Waals surface area (Å²) in [6.45, 7) is 0.900. The summed E-state index contributed by atoms with van der Waals surface area (Å²) < 4.78 is 46.2. The van der Waals surface area contributed by atoms with Crippen molar-refractivity contribution in [3.05, 3.63) is 0 Å². The molecule has 86 valence electrons. The Morgan fingerprint density at radius 2 is 1.20 bits per heavy atom. The van der Waals surface area contributed by atoms with Crippen LogP contribution in [-0.4, -0.2) is 23.5 Å². The molecule has 4 bridgehead atoms. The highest BCUT2D eigenvalue weighted by Crippen LogP contribution is 2.74. The second-order valence-corrected chi connectivity index (χ2v) is 6.22. The monoisotopic (exact) mass is 258 g/mol. The molecule has 0 unspecified atom stereocenters. The minimum absolute atomic E-state index is 0.450. The summed E-state index contributed by atoms with van der Waals surface area (Å²) in [5.41, 5.74) is 0. The molecule has 5 saturated heterocycles. The predicted molar refractivity (Wildman–Crippen MR) is 43.3 cm³/mol. The first-order chi connectivity index (χ1) is 7.07. The van der Waals surface area contributed by atoms with E-state index >= 15 is 0 Å². The molecule has 0 spiro atoms. The first kappa shape index (κ1) is 10.3. The van der Waals surface area contributed by atoms with Gasteiger partial charge in [-0.25, -0.2) is 9.13 Å². The van der Waals surface area contributed by atoms with E-state index in [-0.39, 0.29) is 0 Å². The molecule has 5 aliphatic heterocycles. The van der Waals surface area contributed by atoms with Gasteiger partial charge in [0.1, 0.15) is 0 Å². The summed E-state index contributed by atoms with van der Waals surface area (Å²) in [6.07, 6.45) is 1.46. The molecule has 5 fully saturated rings. The molecule has 5 heterocycles. The van der Waals surface area contributed by atoms with Crippen molar-refractivity contribution in [2.24, 2.45) is 0 Å². The lowest BCUT2D eigenvalue weighted by Crippen LogP contribution is -2.35. The number of hydrogen-bond acceptors (Lipinski definition) is 9. The zero-order chi connectivity index (χ0) is 10.5. The Morgan fingerprint density at radius 1 is 0.800 bits per heavy atom. The summed E-state index contributed by atoms with van der Waals surface area (Å²) in [5.74, 6) is 0. The van der Waals surface area contributed by atoms with Crippen LogP contribution in [0.5, 0.6) is 0 Å². The fourth-order valence-corrected chi connectivity index (χ4v) is 3.99. The Hall–Kier alpha value is 0.180. The molecule has 9 nitrogen and oxygen atoms in total. The number of nitrogens with zero attached hydrogens (tertiary/aromatic N) is 2. The molecule has 15 heavy (non-hydrogen) atoms. The van der Waals surface area contributed by atoms with E-state index in [1.807, 2.05) is 0 Å². The van der Waals surface area contributed by atoms with Crippen LogP contribution in [0.3, 0.4) is 0 Å². The molecule has 5 rings (SSSR count). The van der Waals surface area contributed by atoms with Crippen molar-refractivity contribution in [3.8, 4) is 0 Å². The van der Waals surface area contributed by atoms with E-state index in [4.69, 9.17) is 18.5 Å². The third-order valence-electron chi connectivity index (χ3n) is 1.90. The number of hydroxylamine groups is 4. The van der Waals surface area contributed by atoms with Gasteiger partial charge >= 0.3 is 15.6 Å². The maximum atomic E-state index is 11.4. The molecule has 0 amide bonds. The molecule has 0 radical (unpaired) electrons. The second-order valence-electron chi connectivity index (χ2n) is 3.12. The van der Waals surface area contributed by atoms with Gasteiger partial charge < -0.3 is 0 Å². The van der Waals surface area contributed by atoms with E-state index in [2.05, 4.69) is 4.31 Å². The van der Waals surface area contributed by atoms with Crippen LogP contribution in [0.2, 0.25) is 0 Å². The van der Waals surface area contributed by atoms with Crippen molar-refractivity contribution in [2.75, 3.05) is 13.1 Å². The zero-order valence-corrected chi connectivity index (χ0v) is 9.26. The van der Waals surface area contributed by atoms with Crippen LogP contribution in [-0.2, 0) is 31.9 Å². The van der Waals surface area contributed by atoms with Gasteiger partial charge in [0.15, 0.2) is 0 Å². The van der Waals surface area contributed by atoms with Gasteiger partial charge in [-0.1, -0.05) is 0 Å². The van der Waals surface area contributed by atoms with Crippen LogP contribution in [0.4, 0.5) is 0 Å². The van der Waals surface area contributed by atoms with Gasteiger partial charge in [0, 0.05) is 0 Å². The first-order valence-electron chi connectivity index (χ1n) is 4.32. The summed E-state index contributed by atoms with van der Waals surface area (Å²) in [4.78, 5) is 0. The van der Waals surface area contributed by atoms with Gasteiger partial charge in [-0.3, -0.25) is 0 Å². The average Bonchev–Trinajstić information content (AvgIpc) is 2.09. The van der Waals surface area contributed by atoms with Crippen molar-refractivity contribution in [1.29, 1.82) is 0 Å². The Balaban J connectivity index is 1.75. The first-order valence-corrected chi connectivity index (χ1v) is 7.24. The smallest absolute Gasteiger partial charge is 0.224 e. The van der Waals surface area contributed by atoms with Crippen molar-refractivity contribution >= 4 is 15.6 Å². The van der Waals surface area contributed by atoms with Crippen molar-refractivity contribution in [1.82, 2.24) is 10.5 Å². The molecule has 0 aromatic rings. The van der Waals surface area contributed by atoms with Gasteiger partial charge in [-0.2, -0.15) is 22.8 Å². The van der Waals surface area contributed by atoms with E-state index in [1.54, 1.807) is 0 Å². The van der Waals surface area contributed by atoms with Crippen LogP contribution in [0.25, 0.3) is 0 Å². The lowest BCUT2D eigenvalue weighted by molar-refractivity contribution is -0.361. The molecule has 0 aliphatic carbocycles. The van der Waals surface area contributed by atoms with Gasteiger partial charge in [0.05, 0.1) is 13.1 Å². The minimum Gasteiger partial charge on any atom is -0.224 e. The summed E-state index contributed by atoms with van der Waals surface area (Å²) in [6, 6.07) is 0. The Kier molecular flexibility index (Phi) is 2.30. The highest BCUT2D eigenvalue weighted by molar-refractivity contribution is 7.62. The maximum absolute atomic E-state index is 11.4. The number of rotatable bonds is 0. The summed E-state index contributed by atoms with van der Waals surface area (Å²) in [5, 5.41) is 2.07. The second kappa shape index (κ2) is 3.33. The average molecular weight is 258 g/mol. The third-order valence-corrected chi connectivity index (χ3v) is 5.02. The summed E-state index contributed by atoms with van der Waals surface area (Å²) >= 11 is 0. The van der Waals surface area contributed by atoms with Crippen LogP contribution in [0.1, 0.15) is 12.8 Å². The van der Waals surface area contributed by atoms with Crippen molar-refractivity contribution in [2.45, 2.75) is 12.8 Å². The normalized spacial score (nSPS) is 54.7. The Labute approximate surface area is 84.8 Å². The minimum atomic E-state index is -3.78. The maximum Gasteiger partial charge on any atom is 0.521 e. The molecule has 0 N–H and O–H groups in total. The highest BCUT2D eigenvalue weighted by Gasteiger charge is 2.57. The third kappa shape index (κ3) is 1.91. The number of phosphoric acid groups is 2. The van der Waals surface area contributed by atoms with Crippen molar-refractivity contribution < 1.29 is 31.9 Å². The largest absolute Gasteiger partial charge is 0.521 e. The van der Waals surface area contributed by atoms with Gasteiger partial charge in [0.2, 0.25) is 0 Å². The molecule has 0 atom stereocenters. The van der Waals surface area contributed by atoms with E-state index in [0.29, 0.717) is 13.1 Å². The van der Waals surface area contributed by atoms with Crippen LogP contribution >= 0.6 is 15.6 Å². The quantitative estimate of drug-likeness (QED) is 0.597. The molecule has 5 aliphatic rings. The van der Waals surface area contributed by atoms with Gasteiger partial charge in [-0.15, -0.1) is 0 Å². The molecule has 0 aromatic carbocycles. The molecule has 0 aromatic heterocycles. The standard InChI is InChI=1S/C4H8N2O7P2/c7-14-9-5(10-14)3-1-2-4-6-11-15(8,12-6)13-14/h1-4H2. The molecular weight excluding hydrogens is 250 g/mol. The van der Waals surface area contributed by atoms with Crippen LogP contribution in [0.15, 0.2) is 0 Å². The SMILES string of the molecule is O=P12ON(CCCCN3OP(=O)(O3)O1)O2. The highest BCUT2D eigenvalue weighted by atomic mass is 31.3. The Bertz CT molecular complexity index is 320. The van der Waals surface area contributed by atoms with Crippen LogP contribution in [0, 0.1) is 0 Å². The lowest BCUT2D eigenvalue weighted by Gasteiger charge is -2.38. The van der Waals surface area contributed by atoms with Gasteiger partial charge in [0.25, 0.3) is 0 Å². The Morgan fingerprint density at radius 3 is 1.60 bits per heavy atom. The molecule has 11 heteroatoms. The fraction of sp³-hybridized carbons (Fsp3) is 1.00. The molecule has 0 saturated carbocycles. The summed E-state index contributed by atoms with van der Waals surface area (Å²) in [7, 11) is -7.56. The zero-order valence-electron chi connectivity index (χ0n) is 7.48. The van der Waals surface area contributed by atoms with Crippen molar-refractivity contribution in [3.63, 3.8) is 0 Å². The van der Waals surface area contributed by atoms with E-state index in [0.717, 1.165) is 23.3 Å². The van der Waals surface area contributed by atoms with Crippen LogP contribution < -0.4 is 0 Å². The molecular formula is C4H8N2O7P2. The van der Waals surface area contributed by atoms with E-state index < -0.39 is 15.6 Å². The fourth-order valence-electron chi connectivity index (χ4n) is 1.29. The number of hydrogen-bond donors (Lipinski definition) is 0. The van der Waals surface area contributed by atoms with E-state index in [9.17, 15) is 9.13 Å². The lowest BCUT2D eigenvalue weighted by atomic mass is 10.3. The van der Waals surface area contributed by atoms with Gasteiger partial charge in [-0.05, 0) is 23.3 Å².